The first-order valence-corrected chi connectivity index (χ1v) is 4.17. The Balaban J connectivity index is 0.000000500. The molecular weight excluding hydrogens is 209 g/mol. The molecule has 78 valence electrons. The summed E-state index contributed by atoms with van der Waals surface area (Å²) in [6, 6.07) is 3.79. The van der Waals surface area contributed by atoms with Gasteiger partial charge in [-0.25, -0.2) is 4.39 Å². The van der Waals surface area contributed by atoms with Gasteiger partial charge in [0, 0.05) is 5.02 Å². The summed E-state index contributed by atoms with van der Waals surface area (Å²) >= 11 is 5.43. The molecule has 3 nitrogen and oxygen atoms in total. The lowest BCUT2D eigenvalue weighted by Gasteiger charge is -1.98. The van der Waals surface area contributed by atoms with Gasteiger partial charge < -0.3 is 10.1 Å². The number of hydrogen-bond acceptors (Lipinski definition) is 3. The van der Waals surface area contributed by atoms with Gasteiger partial charge in [-0.2, -0.15) is 0 Å². The second kappa shape index (κ2) is 7.29. The molecule has 0 saturated heterocycles. The van der Waals surface area contributed by atoms with E-state index in [1.54, 1.807) is 0 Å². The molecule has 0 amide bonds. The van der Waals surface area contributed by atoms with E-state index < -0.39 is 5.82 Å². The molecule has 0 aromatic heterocycles. The fraction of sp³-hybridized carbons (Fsp3) is 0.222. The largest absolute Gasteiger partial charge is 0.426 e. The number of halogens is 2. The quantitative estimate of drug-likeness (QED) is 0.772. The summed E-state index contributed by atoms with van der Waals surface area (Å²) in [6.07, 6.45) is 0. The second-order valence-electron chi connectivity index (χ2n) is 2.29. The van der Waals surface area contributed by atoms with Crippen LogP contribution in [0.15, 0.2) is 18.2 Å². The summed E-state index contributed by atoms with van der Waals surface area (Å²) in [4.78, 5) is 9.79. The van der Waals surface area contributed by atoms with Crippen molar-refractivity contribution < 1.29 is 13.9 Å². The number of benzene rings is 1. The minimum atomic E-state index is -0.649. The van der Waals surface area contributed by atoms with E-state index in [9.17, 15) is 9.18 Å². The lowest BCUT2D eigenvalue weighted by Crippen LogP contribution is -1.91. The van der Waals surface area contributed by atoms with Crippen molar-refractivity contribution in [1.29, 1.82) is 0 Å². The highest BCUT2D eigenvalue weighted by Crippen LogP contribution is 2.20. The summed E-state index contributed by atoms with van der Waals surface area (Å²) in [6.45, 7) is 0.159. The molecule has 0 atom stereocenters. The Morgan fingerprint density at radius 1 is 1.50 bits per heavy atom. The van der Waals surface area contributed by atoms with E-state index in [0.29, 0.717) is 0 Å². The summed E-state index contributed by atoms with van der Waals surface area (Å²) in [7, 11) is 3.75. The van der Waals surface area contributed by atoms with E-state index in [2.05, 4.69) is 10.1 Å². The zero-order valence-corrected chi connectivity index (χ0v) is 8.64. The normalized spacial score (nSPS) is 8.57. The Kier molecular flexibility index (Phi) is 6.70. The van der Waals surface area contributed by atoms with Crippen LogP contribution in [-0.2, 0) is 4.79 Å². The molecule has 0 spiro atoms. The number of hydrogen-bond donors (Lipinski definition) is 1. The van der Waals surface area contributed by atoms with Crippen LogP contribution in [0.2, 0.25) is 5.02 Å². The summed E-state index contributed by atoms with van der Waals surface area (Å²) in [5.41, 5.74) is 0. The van der Waals surface area contributed by atoms with Crippen molar-refractivity contribution in [3.8, 4) is 5.75 Å². The van der Waals surface area contributed by atoms with Gasteiger partial charge in [0.1, 0.15) is 0 Å². The Labute approximate surface area is 86.8 Å². The van der Waals surface area contributed by atoms with Crippen LogP contribution in [0.3, 0.4) is 0 Å². The first-order valence-electron chi connectivity index (χ1n) is 3.79. The van der Waals surface area contributed by atoms with E-state index >= 15 is 0 Å². The Bertz CT molecular complexity index is 294. The maximum Gasteiger partial charge on any atom is 0.298 e. The van der Waals surface area contributed by atoms with Crippen molar-refractivity contribution in [3.05, 3.63) is 29.0 Å². The zero-order valence-electron chi connectivity index (χ0n) is 7.88. The van der Waals surface area contributed by atoms with Crippen LogP contribution in [0.25, 0.3) is 0 Å². The number of nitrogens with one attached hydrogen (secondary N) is 1. The zero-order chi connectivity index (χ0) is 11.0. The van der Waals surface area contributed by atoms with Gasteiger partial charge in [-0.1, -0.05) is 11.6 Å². The summed E-state index contributed by atoms with van der Waals surface area (Å²) < 4.78 is 16.9. The van der Waals surface area contributed by atoms with Crippen LogP contribution >= 0.6 is 11.6 Å². The lowest BCUT2D eigenvalue weighted by molar-refractivity contribution is -0.120. The average Bonchev–Trinajstić information content (AvgIpc) is 2.11. The SMILES string of the molecule is CNC.O=COc1ccc(Cl)cc1F. The second-order valence-corrected chi connectivity index (χ2v) is 2.73. The van der Waals surface area contributed by atoms with E-state index in [0.717, 1.165) is 6.07 Å². The third-order valence-corrected chi connectivity index (χ3v) is 1.30. The fourth-order valence-electron chi connectivity index (χ4n) is 0.623. The topological polar surface area (TPSA) is 38.3 Å². The van der Waals surface area contributed by atoms with Crippen molar-refractivity contribution in [1.82, 2.24) is 5.32 Å². The first kappa shape index (κ1) is 12.9. The van der Waals surface area contributed by atoms with E-state index in [4.69, 9.17) is 11.6 Å². The van der Waals surface area contributed by atoms with Crippen LogP contribution < -0.4 is 10.1 Å². The third kappa shape index (κ3) is 4.79. The highest BCUT2D eigenvalue weighted by molar-refractivity contribution is 6.30. The molecule has 5 heteroatoms. The highest BCUT2D eigenvalue weighted by atomic mass is 35.5. The van der Waals surface area contributed by atoms with Crippen LogP contribution in [0.5, 0.6) is 5.75 Å². The van der Waals surface area contributed by atoms with Crippen molar-refractivity contribution >= 4 is 18.1 Å². The maximum absolute atomic E-state index is 12.7. The molecule has 0 aliphatic heterocycles. The number of carbonyl (C=O) groups is 1. The van der Waals surface area contributed by atoms with Gasteiger partial charge in [-0.3, -0.25) is 4.79 Å². The van der Waals surface area contributed by atoms with Gasteiger partial charge in [-0.05, 0) is 32.3 Å². The molecule has 0 aliphatic carbocycles. The van der Waals surface area contributed by atoms with Gasteiger partial charge in [0.05, 0.1) is 0 Å². The predicted octanol–water partition coefficient (Wildman–Crippen LogP) is 1.85. The summed E-state index contributed by atoms with van der Waals surface area (Å²) in [5.74, 6) is -0.769. The number of ether oxygens (including phenoxy) is 1. The smallest absolute Gasteiger partial charge is 0.298 e. The minimum Gasteiger partial charge on any atom is -0.426 e. The molecule has 1 aromatic carbocycles. The van der Waals surface area contributed by atoms with Crippen molar-refractivity contribution in [2.45, 2.75) is 0 Å². The molecule has 0 saturated carbocycles. The minimum absolute atomic E-state index is 0.121. The molecule has 1 aromatic rings. The molecule has 1 N–H and O–H groups in total. The molecule has 0 bridgehead atoms. The molecule has 0 aliphatic rings. The highest BCUT2D eigenvalue weighted by Gasteiger charge is 2.02. The molecular formula is C9H11ClFNO2. The fourth-order valence-corrected chi connectivity index (χ4v) is 0.781. The van der Waals surface area contributed by atoms with E-state index in [-0.39, 0.29) is 17.2 Å². The predicted molar refractivity (Wildman–Crippen MR) is 53.1 cm³/mol. The van der Waals surface area contributed by atoms with E-state index in [1.165, 1.54) is 12.1 Å². The van der Waals surface area contributed by atoms with Crippen LogP contribution in [0.1, 0.15) is 0 Å². The van der Waals surface area contributed by atoms with Crippen molar-refractivity contribution in [2.75, 3.05) is 14.1 Å². The molecule has 0 unspecified atom stereocenters. The van der Waals surface area contributed by atoms with Gasteiger partial charge in [0.2, 0.25) is 0 Å². The van der Waals surface area contributed by atoms with E-state index in [1.807, 2.05) is 14.1 Å². The Hall–Kier alpha value is -1.13. The van der Waals surface area contributed by atoms with Crippen LogP contribution in [-0.4, -0.2) is 20.6 Å². The molecule has 0 heterocycles. The molecule has 1 rings (SSSR count). The Morgan fingerprint density at radius 3 is 2.50 bits per heavy atom. The van der Waals surface area contributed by atoms with Crippen LogP contribution in [0, 0.1) is 5.82 Å². The molecule has 0 radical (unpaired) electrons. The monoisotopic (exact) mass is 219 g/mol. The average molecular weight is 220 g/mol. The molecule has 0 fully saturated rings. The van der Waals surface area contributed by atoms with Gasteiger partial charge in [0.15, 0.2) is 11.6 Å². The van der Waals surface area contributed by atoms with Gasteiger partial charge in [-0.15, -0.1) is 0 Å². The maximum atomic E-state index is 12.7. The lowest BCUT2D eigenvalue weighted by atomic mass is 10.3. The first-order chi connectivity index (χ1) is 6.65. The van der Waals surface area contributed by atoms with Gasteiger partial charge >= 0.3 is 0 Å². The molecule has 14 heavy (non-hydrogen) atoms. The standard InChI is InChI=1S/C7H4ClFO2.C2H7N/c8-5-1-2-7(11-4-10)6(9)3-5;1-3-2/h1-4H;3H,1-2H3. The summed E-state index contributed by atoms with van der Waals surface area (Å²) in [5, 5.41) is 3.01. The van der Waals surface area contributed by atoms with Crippen LogP contribution in [0.4, 0.5) is 4.39 Å². The Morgan fingerprint density at radius 2 is 2.07 bits per heavy atom. The van der Waals surface area contributed by atoms with Crippen molar-refractivity contribution in [2.24, 2.45) is 0 Å². The number of rotatable bonds is 2. The third-order valence-electron chi connectivity index (χ3n) is 1.07. The van der Waals surface area contributed by atoms with Crippen molar-refractivity contribution in [3.63, 3.8) is 0 Å². The van der Waals surface area contributed by atoms with Gasteiger partial charge in [0.25, 0.3) is 6.47 Å². The number of carbonyl (C=O) groups excluding carboxylic acids is 1.